The summed E-state index contributed by atoms with van der Waals surface area (Å²) in [5.41, 5.74) is 1.15. The van der Waals surface area contributed by atoms with Crippen molar-refractivity contribution < 1.29 is 14.7 Å². The molecule has 0 unspecified atom stereocenters. The molecule has 1 N–H and O–H groups in total. The highest BCUT2D eigenvalue weighted by Crippen LogP contribution is 2.29. The van der Waals surface area contributed by atoms with Crippen molar-refractivity contribution in [3.63, 3.8) is 0 Å². The molecule has 1 aromatic heterocycles. The van der Waals surface area contributed by atoms with Gasteiger partial charge in [-0.25, -0.2) is 0 Å². The van der Waals surface area contributed by atoms with Gasteiger partial charge in [-0.1, -0.05) is 6.92 Å². The zero-order valence-electron chi connectivity index (χ0n) is 12.2. The molecule has 5 heteroatoms. The number of amides is 1. The van der Waals surface area contributed by atoms with Gasteiger partial charge < -0.3 is 10.0 Å². The molecule has 1 aliphatic rings. The lowest BCUT2D eigenvalue weighted by molar-refractivity contribution is -0.144. The Morgan fingerprint density at radius 1 is 1.50 bits per heavy atom. The van der Waals surface area contributed by atoms with Crippen molar-refractivity contribution in [3.8, 4) is 0 Å². The standard InChI is InChI=1S/C15H21NO3S/c1-4-12-9(2)8-13(20-12)14(17)16-7-5-6-11(10(16)3)15(18)19/h8,10-11H,4-7H2,1-3H3,(H,18,19)/t10-,11-/m0/s1. The molecule has 0 saturated carbocycles. The van der Waals surface area contributed by atoms with Gasteiger partial charge in [0.25, 0.3) is 5.91 Å². The van der Waals surface area contributed by atoms with Gasteiger partial charge in [-0.2, -0.15) is 0 Å². The molecule has 0 bridgehead atoms. The molecule has 0 aromatic carbocycles. The van der Waals surface area contributed by atoms with Crippen molar-refractivity contribution in [2.75, 3.05) is 6.54 Å². The maximum absolute atomic E-state index is 12.6. The first kappa shape index (κ1) is 15.0. The summed E-state index contributed by atoms with van der Waals surface area (Å²) in [7, 11) is 0. The van der Waals surface area contributed by atoms with E-state index in [2.05, 4.69) is 6.92 Å². The van der Waals surface area contributed by atoms with Crippen molar-refractivity contribution >= 4 is 23.2 Å². The number of aliphatic carboxylic acids is 1. The smallest absolute Gasteiger partial charge is 0.308 e. The van der Waals surface area contributed by atoms with Gasteiger partial charge in [0.15, 0.2) is 0 Å². The molecule has 2 rings (SSSR count). The predicted molar refractivity (Wildman–Crippen MR) is 79.3 cm³/mol. The number of piperidine rings is 1. The molecule has 2 heterocycles. The topological polar surface area (TPSA) is 57.6 Å². The van der Waals surface area contributed by atoms with E-state index in [1.165, 1.54) is 16.2 Å². The van der Waals surface area contributed by atoms with Gasteiger partial charge in [0.2, 0.25) is 0 Å². The summed E-state index contributed by atoms with van der Waals surface area (Å²) in [4.78, 5) is 27.5. The number of likely N-dealkylation sites (tertiary alicyclic amines) is 1. The number of nitrogens with zero attached hydrogens (tertiary/aromatic N) is 1. The Balaban J connectivity index is 2.21. The Kier molecular flexibility index (Phi) is 4.48. The second kappa shape index (κ2) is 5.95. The number of carbonyl (C=O) groups is 2. The van der Waals surface area contributed by atoms with Crippen molar-refractivity contribution in [2.24, 2.45) is 5.92 Å². The van der Waals surface area contributed by atoms with E-state index in [9.17, 15) is 14.7 Å². The van der Waals surface area contributed by atoms with E-state index in [-0.39, 0.29) is 11.9 Å². The molecular weight excluding hydrogens is 274 g/mol. The minimum atomic E-state index is -0.799. The van der Waals surface area contributed by atoms with Crippen LogP contribution in [0, 0.1) is 12.8 Å². The van der Waals surface area contributed by atoms with Crippen LogP contribution >= 0.6 is 11.3 Å². The van der Waals surface area contributed by atoms with Gasteiger partial charge in [-0.15, -0.1) is 11.3 Å². The summed E-state index contributed by atoms with van der Waals surface area (Å²) in [5, 5.41) is 9.23. The monoisotopic (exact) mass is 295 g/mol. The number of thiophene rings is 1. The highest BCUT2D eigenvalue weighted by atomic mass is 32.1. The molecular formula is C15H21NO3S. The molecule has 1 fully saturated rings. The number of hydrogen-bond donors (Lipinski definition) is 1. The molecule has 20 heavy (non-hydrogen) atoms. The Morgan fingerprint density at radius 3 is 2.75 bits per heavy atom. The number of carboxylic acid groups (broad SMARTS) is 1. The van der Waals surface area contributed by atoms with Gasteiger partial charge >= 0.3 is 5.97 Å². The summed E-state index contributed by atoms with van der Waals surface area (Å²) in [6.45, 7) is 6.60. The van der Waals surface area contributed by atoms with E-state index >= 15 is 0 Å². The quantitative estimate of drug-likeness (QED) is 0.932. The summed E-state index contributed by atoms with van der Waals surface area (Å²) in [6, 6.07) is 1.70. The third-order valence-electron chi connectivity index (χ3n) is 4.12. The fourth-order valence-corrected chi connectivity index (χ4v) is 3.95. The van der Waals surface area contributed by atoms with E-state index in [0.717, 1.165) is 23.3 Å². The first-order chi connectivity index (χ1) is 9.45. The molecule has 0 spiro atoms. The van der Waals surface area contributed by atoms with Gasteiger partial charge in [0.1, 0.15) is 0 Å². The summed E-state index contributed by atoms with van der Waals surface area (Å²) in [6.07, 6.45) is 2.35. The summed E-state index contributed by atoms with van der Waals surface area (Å²) in [5.74, 6) is -1.26. The van der Waals surface area contributed by atoms with Crippen LogP contribution in [-0.4, -0.2) is 34.5 Å². The van der Waals surface area contributed by atoms with Crippen LogP contribution in [0.15, 0.2) is 6.07 Å². The molecule has 0 radical (unpaired) electrons. The Hall–Kier alpha value is -1.36. The van der Waals surface area contributed by atoms with Gasteiger partial charge in [-0.3, -0.25) is 9.59 Å². The maximum atomic E-state index is 12.6. The Labute approximate surface area is 123 Å². The lowest BCUT2D eigenvalue weighted by Gasteiger charge is -2.37. The molecule has 4 nitrogen and oxygen atoms in total. The van der Waals surface area contributed by atoms with Gasteiger partial charge in [0.05, 0.1) is 10.8 Å². The number of carbonyl (C=O) groups excluding carboxylic acids is 1. The van der Waals surface area contributed by atoms with E-state index < -0.39 is 11.9 Å². The number of carboxylic acids is 1. The second-order valence-electron chi connectivity index (χ2n) is 5.40. The third-order valence-corrected chi connectivity index (χ3v) is 5.49. The maximum Gasteiger partial charge on any atom is 0.308 e. The first-order valence-electron chi connectivity index (χ1n) is 7.08. The second-order valence-corrected chi connectivity index (χ2v) is 6.53. The number of aryl methyl sites for hydroxylation is 2. The van der Waals surface area contributed by atoms with Crippen LogP contribution in [0.2, 0.25) is 0 Å². The summed E-state index contributed by atoms with van der Waals surface area (Å²) < 4.78 is 0. The van der Waals surface area contributed by atoms with E-state index in [0.29, 0.717) is 13.0 Å². The molecule has 1 saturated heterocycles. The highest BCUT2D eigenvalue weighted by molar-refractivity contribution is 7.14. The molecule has 1 amide bonds. The van der Waals surface area contributed by atoms with Crippen molar-refractivity contribution in [1.29, 1.82) is 0 Å². The van der Waals surface area contributed by atoms with Gasteiger partial charge in [-0.05, 0) is 44.7 Å². The van der Waals surface area contributed by atoms with Crippen LogP contribution < -0.4 is 0 Å². The Morgan fingerprint density at radius 2 is 2.20 bits per heavy atom. The molecule has 1 aliphatic heterocycles. The lowest BCUT2D eigenvalue weighted by atomic mass is 9.90. The third kappa shape index (κ3) is 2.73. The fraction of sp³-hybridized carbons (Fsp3) is 0.600. The minimum absolute atomic E-state index is 0.0174. The predicted octanol–water partition coefficient (Wildman–Crippen LogP) is 2.94. The Bertz CT molecular complexity index is 523. The van der Waals surface area contributed by atoms with Crippen molar-refractivity contribution in [1.82, 2.24) is 4.90 Å². The molecule has 110 valence electrons. The fourth-order valence-electron chi connectivity index (χ4n) is 2.88. The largest absolute Gasteiger partial charge is 0.481 e. The van der Waals surface area contributed by atoms with Crippen LogP contribution in [0.25, 0.3) is 0 Å². The van der Waals surface area contributed by atoms with Crippen LogP contribution in [0.4, 0.5) is 0 Å². The molecule has 1 aromatic rings. The average molecular weight is 295 g/mol. The van der Waals surface area contributed by atoms with Crippen LogP contribution in [0.3, 0.4) is 0 Å². The highest BCUT2D eigenvalue weighted by Gasteiger charge is 2.36. The molecule has 2 atom stereocenters. The van der Waals surface area contributed by atoms with Crippen LogP contribution in [0.5, 0.6) is 0 Å². The first-order valence-corrected chi connectivity index (χ1v) is 7.90. The van der Waals surface area contributed by atoms with Gasteiger partial charge in [0, 0.05) is 17.5 Å². The number of hydrogen-bond acceptors (Lipinski definition) is 3. The lowest BCUT2D eigenvalue weighted by Crippen LogP contribution is -2.48. The van der Waals surface area contributed by atoms with Crippen molar-refractivity contribution in [2.45, 2.75) is 46.1 Å². The van der Waals surface area contributed by atoms with E-state index in [1.807, 2.05) is 19.9 Å². The zero-order valence-corrected chi connectivity index (χ0v) is 13.0. The van der Waals surface area contributed by atoms with E-state index in [1.54, 1.807) is 4.90 Å². The average Bonchev–Trinajstić information content (AvgIpc) is 2.79. The summed E-state index contributed by atoms with van der Waals surface area (Å²) >= 11 is 1.53. The zero-order chi connectivity index (χ0) is 14.9. The SMILES string of the molecule is CCc1sc(C(=O)N2CCC[C@H](C(=O)O)[C@@H]2C)cc1C. The minimum Gasteiger partial charge on any atom is -0.481 e. The van der Waals surface area contributed by atoms with Crippen molar-refractivity contribution in [3.05, 3.63) is 21.4 Å². The van der Waals surface area contributed by atoms with Crippen LogP contribution in [0.1, 0.15) is 46.8 Å². The van der Waals surface area contributed by atoms with E-state index in [4.69, 9.17) is 0 Å². The number of rotatable bonds is 3. The molecule has 0 aliphatic carbocycles. The normalized spacial score (nSPS) is 22.9. The van der Waals surface area contributed by atoms with Crippen LogP contribution in [-0.2, 0) is 11.2 Å².